The summed E-state index contributed by atoms with van der Waals surface area (Å²) in [4.78, 5) is 23.5. The number of hydrogen-bond donors (Lipinski definition) is 2. The van der Waals surface area contributed by atoms with Gasteiger partial charge in [0.05, 0.1) is 5.92 Å². The normalized spacial score (nSPS) is 14.3. The second-order valence-corrected chi connectivity index (χ2v) is 6.63. The Morgan fingerprint density at radius 2 is 1.76 bits per heavy atom. The first-order valence-electron chi connectivity index (χ1n) is 7.29. The minimum absolute atomic E-state index is 0.0451. The first-order chi connectivity index (χ1) is 9.70. The van der Waals surface area contributed by atoms with Crippen molar-refractivity contribution >= 4 is 11.9 Å². The maximum Gasteiger partial charge on any atom is 0.326 e. The average Bonchev–Trinajstić information content (AvgIpc) is 2.42. The van der Waals surface area contributed by atoms with Gasteiger partial charge in [-0.15, -0.1) is 0 Å². The zero-order valence-corrected chi connectivity index (χ0v) is 13.2. The van der Waals surface area contributed by atoms with Gasteiger partial charge in [0.15, 0.2) is 0 Å². The third-order valence-electron chi connectivity index (χ3n) is 3.49. The van der Waals surface area contributed by atoms with Crippen molar-refractivity contribution in [3.63, 3.8) is 0 Å². The maximum absolute atomic E-state index is 12.2. The number of amides is 1. The molecule has 0 aliphatic rings. The Kier molecular flexibility index (Phi) is 5.94. The van der Waals surface area contributed by atoms with Crippen LogP contribution < -0.4 is 5.32 Å². The molecule has 0 radical (unpaired) electrons. The van der Waals surface area contributed by atoms with Crippen LogP contribution in [0.3, 0.4) is 0 Å². The SMILES string of the molecule is CC(C(=O)NC(CCC(C)(C)C)C(=O)O)c1ccccc1. The van der Waals surface area contributed by atoms with E-state index in [2.05, 4.69) is 26.1 Å². The summed E-state index contributed by atoms with van der Waals surface area (Å²) < 4.78 is 0. The number of nitrogens with one attached hydrogen (secondary N) is 1. The van der Waals surface area contributed by atoms with Gasteiger partial charge in [0.25, 0.3) is 0 Å². The molecule has 21 heavy (non-hydrogen) atoms. The molecule has 0 bridgehead atoms. The van der Waals surface area contributed by atoms with Gasteiger partial charge >= 0.3 is 5.97 Å². The highest BCUT2D eigenvalue weighted by Crippen LogP contribution is 2.22. The van der Waals surface area contributed by atoms with Gasteiger partial charge in [-0.05, 0) is 30.7 Å². The van der Waals surface area contributed by atoms with Crippen LogP contribution in [0.15, 0.2) is 30.3 Å². The number of hydrogen-bond acceptors (Lipinski definition) is 2. The van der Waals surface area contributed by atoms with E-state index < -0.39 is 12.0 Å². The van der Waals surface area contributed by atoms with Crippen LogP contribution in [0.2, 0.25) is 0 Å². The first-order valence-corrected chi connectivity index (χ1v) is 7.29. The van der Waals surface area contributed by atoms with Crippen LogP contribution in [-0.4, -0.2) is 23.0 Å². The monoisotopic (exact) mass is 291 g/mol. The van der Waals surface area contributed by atoms with E-state index >= 15 is 0 Å². The highest BCUT2D eigenvalue weighted by atomic mass is 16.4. The average molecular weight is 291 g/mol. The van der Waals surface area contributed by atoms with E-state index in [1.54, 1.807) is 6.92 Å². The molecule has 4 heteroatoms. The topological polar surface area (TPSA) is 66.4 Å². The smallest absolute Gasteiger partial charge is 0.326 e. The molecule has 2 atom stereocenters. The molecule has 0 aromatic heterocycles. The van der Waals surface area contributed by atoms with E-state index in [-0.39, 0.29) is 17.2 Å². The fourth-order valence-corrected chi connectivity index (χ4v) is 2.02. The third-order valence-corrected chi connectivity index (χ3v) is 3.49. The second-order valence-electron chi connectivity index (χ2n) is 6.63. The summed E-state index contributed by atoms with van der Waals surface area (Å²) in [5, 5.41) is 11.9. The van der Waals surface area contributed by atoms with E-state index in [4.69, 9.17) is 0 Å². The number of carboxylic acid groups (broad SMARTS) is 1. The molecule has 0 aliphatic heterocycles. The molecule has 2 unspecified atom stereocenters. The van der Waals surface area contributed by atoms with Crippen molar-refractivity contribution in [3.8, 4) is 0 Å². The molecule has 1 rings (SSSR count). The molecule has 116 valence electrons. The molecule has 0 saturated carbocycles. The summed E-state index contributed by atoms with van der Waals surface area (Å²) in [6, 6.07) is 8.53. The quantitative estimate of drug-likeness (QED) is 0.846. The number of rotatable bonds is 6. The van der Waals surface area contributed by atoms with Gasteiger partial charge in [-0.2, -0.15) is 0 Å². The van der Waals surface area contributed by atoms with Gasteiger partial charge in [0.2, 0.25) is 5.91 Å². The van der Waals surface area contributed by atoms with Gasteiger partial charge in [-0.1, -0.05) is 51.1 Å². The van der Waals surface area contributed by atoms with E-state index in [9.17, 15) is 14.7 Å². The van der Waals surface area contributed by atoms with Gasteiger partial charge in [-0.25, -0.2) is 4.79 Å². The minimum Gasteiger partial charge on any atom is -0.480 e. The number of benzene rings is 1. The van der Waals surface area contributed by atoms with Crippen molar-refractivity contribution in [3.05, 3.63) is 35.9 Å². The zero-order valence-electron chi connectivity index (χ0n) is 13.2. The van der Waals surface area contributed by atoms with Crippen molar-refractivity contribution < 1.29 is 14.7 Å². The molecule has 0 saturated heterocycles. The van der Waals surface area contributed by atoms with Crippen molar-refractivity contribution in [2.75, 3.05) is 0 Å². The summed E-state index contributed by atoms with van der Waals surface area (Å²) in [5.41, 5.74) is 0.929. The van der Waals surface area contributed by atoms with E-state index in [1.165, 1.54) is 0 Å². The molecule has 2 N–H and O–H groups in total. The number of aliphatic carboxylic acids is 1. The molecule has 1 aromatic rings. The fourth-order valence-electron chi connectivity index (χ4n) is 2.02. The van der Waals surface area contributed by atoms with E-state index in [1.807, 2.05) is 30.3 Å². The molecule has 4 nitrogen and oxygen atoms in total. The standard InChI is InChI=1S/C17H25NO3/c1-12(13-8-6-5-7-9-13)15(19)18-14(16(20)21)10-11-17(2,3)4/h5-9,12,14H,10-11H2,1-4H3,(H,18,19)(H,20,21). The van der Waals surface area contributed by atoms with Gasteiger partial charge in [-0.3, -0.25) is 4.79 Å². The van der Waals surface area contributed by atoms with Crippen LogP contribution in [0, 0.1) is 5.41 Å². The summed E-state index contributed by atoms with van der Waals surface area (Å²) in [7, 11) is 0. The van der Waals surface area contributed by atoms with Gasteiger partial charge in [0, 0.05) is 0 Å². The Bertz CT molecular complexity index is 477. The predicted molar refractivity (Wildman–Crippen MR) is 83.1 cm³/mol. The zero-order chi connectivity index (χ0) is 16.0. The lowest BCUT2D eigenvalue weighted by atomic mass is 9.88. The Hall–Kier alpha value is -1.84. The predicted octanol–water partition coefficient (Wildman–Crippen LogP) is 3.19. The molecule has 0 heterocycles. The van der Waals surface area contributed by atoms with Gasteiger partial charge in [0.1, 0.15) is 6.04 Å². The van der Waals surface area contributed by atoms with Crippen LogP contribution >= 0.6 is 0 Å². The van der Waals surface area contributed by atoms with Crippen LogP contribution in [0.5, 0.6) is 0 Å². The first kappa shape index (κ1) is 17.2. The maximum atomic E-state index is 12.2. The lowest BCUT2D eigenvalue weighted by molar-refractivity contribution is -0.142. The van der Waals surface area contributed by atoms with Crippen LogP contribution in [-0.2, 0) is 9.59 Å². The van der Waals surface area contributed by atoms with Crippen molar-refractivity contribution in [2.45, 2.75) is 52.5 Å². The Labute approximate surface area is 126 Å². The van der Waals surface area contributed by atoms with Crippen LogP contribution in [0.1, 0.15) is 52.0 Å². The molecular weight excluding hydrogens is 266 g/mol. The lowest BCUT2D eigenvalue weighted by Gasteiger charge is -2.22. The molecule has 0 spiro atoms. The lowest BCUT2D eigenvalue weighted by Crippen LogP contribution is -2.43. The third kappa shape index (κ3) is 5.98. The molecule has 0 fully saturated rings. The summed E-state index contributed by atoms with van der Waals surface area (Å²) >= 11 is 0. The van der Waals surface area contributed by atoms with Crippen molar-refractivity contribution in [1.82, 2.24) is 5.32 Å². The fraction of sp³-hybridized carbons (Fsp3) is 0.529. The summed E-state index contributed by atoms with van der Waals surface area (Å²) in [5.74, 6) is -1.59. The van der Waals surface area contributed by atoms with Crippen LogP contribution in [0.4, 0.5) is 0 Å². The molecular formula is C17H25NO3. The Morgan fingerprint density at radius 1 is 1.19 bits per heavy atom. The summed E-state index contributed by atoms with van der Waals surface area (Å²) in [6.45, 7) is 7.95. The second kappa shape index (κ2) is 7.25. The van der Waals surface area contributed by atoms with E-state index in [0.29, 0.717) is 6.42 Å². The number of carboxylic acids is 1. The van der Waals surface area contributed by atoms with Crippen LogP contribution in [0.25, 0.3) is 0 Å². The largest absolute Gasteiger partial charge is 0.480 e. The number of carbonyl (C=O) groups is 2. The van der Waals surface area contributed by atoms with E-state index in [0.717, 1.165) is 12.0 Å². The Balaban J connectivity index is 2.66. The highest BCUT2D eigenvalue weighted by molar-refractivity contribution is 5.87. The molecule has 1 amide bonds. The molecule has 0 aliphatic carbocycles. The van der Waals surface area contributed by atoms with Crippen molar-refractivity contribution in [1.29, 1.82) is 0 Å². The minimum atomic E-state index is -0.979. The molecule has 1 aromatic carbocycles. The highest BCUT2D eigenvalue weighted by Gasteiger charge is 2.25. The summed E-state index contributed by atoms with van der Waals surface area (Å²) in [6.07, 6.45) is 1.18. The number of carbonyl (C=O) groups excluding carboxylic acids is 1. The van der Waals surface area contributed by atoms with Gasteiger partial charge < -0.3 is 10.4 Å². The van der Waals surface area contributed by atoms with Crippen molar-refractivity contribution in [2.24, 2.45) is 5.41 Å². The Morgan fingerprint density at radius 3 is 2.24 bits per heavy atom.